The van der Waals surface area contributed by atoms with Gasteiger partial charge in [0, 0.05) is 193 Å². The van der Waals surface area contributed by atoms with Crippen molar-refractivity contribution in [2.75, 3.05) is 94.9 Å². The van der Waals surface area contributed by atoms with Crippen molar-refractivity contribution in [3.8, 4) is 92.0 Å². The second-order valence-corrected chi connectivity index (χ2v) is 27.6. The average molecular weight is 1590 g/mol. The fraction of sp³-hybridized carbons (Fsp3) is 0.333. The molecule has 0 fully saturated rings. The second kappa shape index (κ2) is 35.2. The predicted octanol–water partition coefficient (Wildman–Crippen LogP) is 18.9. The van der Waals surface area contributed by atoms with Crippen LogP contribution in [0.4, 0.5) is 83.9 Å². The standard InChI is InChI=1S/C84H96N16O16/c1-13-41-45-25-47-42(14-2)49-27-51-44(16-4)52-28-50-43(15-3)48-26-46(41)62-38-64(48)112-72-32-56(96-80(104)88-20-8)58(98-82(106)90-22-10)34-74(72)114-66(50)40-68(52)116-76-36-60(100-84(108)92-24-12)59(99-83(107)91-23-11)35-75(76)115-67(51)39-65(49)113-73-33-57(97-81(105)89-21-9)55(95-79(103)87-19-7)31-71(73)111-63(47)37-61(45)109-69-29-53(93-77(101)85-17-5)54(30-70(69)110-62)94-78(102)86-18-6/h25-44H,13-24H2,1-12H3,(H2,85,93,101)(H2,86,94,102)(H2,87,95,103)(H2,88,96,104)(H2,89,97,105)(H2,90,98,106)(H2,91,99,107)(H2,92,100,108). The Kier molecular flexibility index (Phi) is 24.4. The van der Waals surface area contributed by atoms with Gasteiger partial charge in [-0.15, -0.1) is 0 Å². The number of anilines is 8. The van der Waals surface area contributed by atoms with Crippen LogP contribution in [0, 0.1) is 0 Å². The van der Waals surface area contributed by atoms with Crippen molar-refractivity contribution in [3.63, 3.8) is 0 Å². The van der Waals surface area contributed by atoms with E-state index in [1.165, 1.54) is 0 Å². The van der Waals surface area contributed by atoms with E-state index >= 15 is 0 Å². The van der Waals surface area contributed by atoms with Crippen molar-refractivity contribution in [1.29, 1.82) is 0 Å². The third kappa shape index (κ3) is 16.9. The molecule has 1 aliphatic carbocycles. The third-order valence-corrected chi connectivity index (χ3v) is 20.0. The van der Waals surface area contributed by atoms with Crippen LogP contribution in [0.25, 0.3) is 0 Å². The molecule has 32 heteroatoms. The summed E-state index contributed by atoms with van der Waals surface area (Å²) in [7, 11) is 0. The maximum Gasteiger partial charge on any atom is 0.319 e. The van der Waals surface area contributed by atoms with E-state index in [0.717, 1.165) is 0 Å². The Labute approximate surface area is 670 Å². The zero-order valence-corrected chi connectivity index (χ0v) is 66.6. The van der Waals surface area contributed by atoms with Crippen LogP contribution in [0.3, 0.4) is 0 Å². The molecule has 5 aliphatic rings. The van der Waals surface area contributed by atoms with E-state index in [1.54, 1.807) is 128 Å². The first-order chi connectivity index (χ1) is 56.1. The molecule has 4 heterocycles. The molecule has 16 N–H and O–H groups in total. The number of hydrogen-bond acceptors (Lipinski definition) is 16. The van der Waals surface area contributed by atoms with Gasteiger partial charge in [-0.1, -0.05) is 27.7 Å². The highest BCUT2D eigenvalue weighted by Crippen LogP contribution is 2.61. The van der Waals surface area contributed by atoms with Crippen molar-refractivity contribution in [3.05, 3.63) is 142 Å². The number of amides is 16. The number of carbonyl (C=O) groups is 8. The highest BCUT2D eigenvalue weighted by molar-refractivity contribution is 6.03. The average Bonchev–Trinajstić information content (AvgIpc) is 1.49. The zero-order chi connectivity index (χ0) is 82.2. The van der Waals surface area contributed by atoms with Crippen molar-refractivity contribution in [2.24, 2.45) is 0 Å². The first kappa shape index (κ1) is 80.4. The van der Waals surface area contributed by atoms with E-state index in [9.17, 15) is 38.4 Å². The van der Waals surface area contributed by atoms with Crippen LogP contribution in [-0.2, 0) is 0 Å². The summed E-state index contributed by atoms with van der Waals surface area (Å²) >= 11 is 0. The number of carbonyl (C=O) groups excluding carboxylic acids is 8. The molecule has 0 saturated heterocycles. The normalized spacial score (nSPS) is 14.9. The summed E-state index contributed by atoms with van der Waals surface area (Å²) in [5.41, 5.74) is 6.04. The topological polar surface area (TPSA) is 403 Å². The Morgan fingerprint density at radius 1 is 0.190 bits per heavy atom. The molecule has 8 aromatic rings. The number of ether oxygens (including phenoxy) is 8. The van der Waals surface area contributed by atoms with E-state index < -0.39 is 71.9 Å². The largest absolute Gasteiger partial charge is 0.453 e. The molecule has 0 aromatic heterocycles. The van der Waals surface area contributed by atoms with Crippen LogP contribution >= 0.6 is 0 Å². The van der Waals surface area contributed by atoms with Gasteiger partial charge in [0.05, 0.1) is 45.5 Å². The molecule has 608 valence electrons. The van der Waals surface area contributed by atoms with Crippen molar-refractivity contribution >= 4 is 93.7 Å². The summed E-state index contributed by atoms with van der Waals surface area (Å²) in [5, 5.41) is 45.5. The molecule has 116 heavy (non-hydrogen) atoms. The summed E-state index contributed by atoms with van der Waals surface area (Å²) in [6.07, 6.45) is 1.54. The fourth-order valence-electron chi connectivity index (χ4n) is 15.0. The molecule has 0 unspecified atom stereocenters. The van der Waals surface area contributed by atoms with Gasteiger partial charge in [0.25, 0.3) is 0 Å². The van der Waals surface area contributed by atoms with Crippen LogP contribution < -0.4 is 123 Å². The van der Waals surface area contributed by atoms with E-state index in [2.05, 4.69) is 109 Å². The Hall–Kier alpha value is -13.7. The van der Waals surface area contributed by atoms with Crippen molar-refractivity contribution in [2.45, 2.75) is 132 Å². The van der Waals surface area contributed by atoms with E-state index in [4.69, 9.17) is 37.9 Å². The van der Waals surface area contributed by atoms with Crippen molar-refractivity contribution in [1.82, 2.24) is 42.5 Å². The fourth-order valence-corrected chi connectivity index (χ4v) is 15.0. The van der Waals surface area contributed by atoms with Gasteiger partial charge in [0.15, 0.2) is 46.0 Å². The van der Waals surface area contributed by atoms with Gasteiger partial charge in [-0.3, -0.25) is 0 Å². The van der Waals surface area contributed by atoms with E-state index in [1.807, 2.05) is 27.7 Å². The van der Waals surface area contributed by atoms with Gasteiger partial charge >= 0.3 is 48.2 Å². The minimum Gasteiger partial charge on any atom is -0.453 e. The number of hydrogen-bond donors (Lipinski definition) is 16. The smallest absolute Gasteiger partial charge is 0.319 e. The minimum absolute atomic E-state index is 0.0569. The lowest BCUT2D eigenvalue weighted by Crippen LogP contribution is -2.31. The van der Waals surface area contributed by atoms with Crippen LogP contribution in [-0.4, -0.2) is 101 Å². The summed E-state index contributed by atoms with van der Waals surface area (Å²) in [5.74, 6) is -0.0882. The molecule has 16 amide bonds. The number of fused-ring (bicyclic) bond motifs is 4. The monoisotopic (exact) mass is 1580 g/mol. The summed E-state index contributed by atoms with van der Waals surface area (Å²) in [4.78, 5) is 110. The number of benzene rings is 8. The van der Waals surface area contributed by atoms with Crippen LogP contribution in [0.1, 0.15) is 177 Å². The number of urea groups is 8. The van der Waals surface area contributed by atoms with Gasteiger partial charge in [-0.2, -0.15) is 0 Å². The Bertz CT molecular complexity index is 4300. The summed E-state index contributed by atoms with van der Waals surface area (Å²) in [6.45, 7) is 24.4. The third-order valence-electron chi connectivity index (χ3n) is 20.0. The lowest BCUT2D eigenvalue weighted by Gasteiger charge is -2.29. The highest BCUT2D eigenvalue weighted by atomic mass is 16.5. The minimum atomic E-state index is -0.652. The Morgan fingerprint density at radius 3 is 0.414 bits per heavy atom. The molecule has 8 bridgehead atoms. The van der Waals surface area contributed by atoms with Crippen LogP contribution in [0.15, 0.2) is 97.1 Å². The van der Waals surface area contributed by atoms with Crippen LogP contribution in [0.2, 0.25) is 0 Å². The number of rotatable bonds is 20. The molecular weight excluding hydrogens is 1490 g/mol. The zero-order valence-electron chi connectivity index (χ0n) is 66.6. The summed E-state index contributed by atoms with van der Waals surface area (Å²) < 4.78 is 59.2. The van der Waals surface area contributed by atoms with Gasteiger partial charge in [-0.05, 0) is 105 Å². The lowest BCUT2D eigenvalue weighted by atomic mass is 9.77. The number of nitrogens with one attached hydrogen (secondary N) is 16. The molecular formula is C84H96N16O16. The second-order valence-electron chi connectivity index (χ2n) is 27.6. The van der Waals surface area contributed by atoms with Gasteiger partial charge in [0.1, 0.15) is 46.0 Å². The van der Waals surface area contributed by atoms with E-state index in [0.29, 0.717) is 70.2 Å². The molecule has 0 radical (unpaired) electrons. The summed E-state index contributed by atoms with van der Waals surface area (Å²) in [6, 6.07) is 23.1. The van der Waals surface area contributed by atoms with Gasteiger partial charge < -0.3 is 123 Å². The molecule has 32 nitrogen and oxygen atoms in total. The predicted molar refractivity (Wildman–Crippen MR) is 442 cm³/mol. The molecule has 0 spiro atoms. The van der Waals surface area contributed by atoms with E-state index in [-0.39, 0.29) is 190 Å². The Morgan fingerprint density at radius 2 is 0.310 bits per heavy atom. The van der Waals surface area contributed by atoms with Crippen molar-refractivity contribution < 1.29 is 76.3 Å². The first-order valence-corrected chi connectivity index (χ1v) is 39.4. The molecule has 0 atom stereocenters. The highest BCUT2D eigenvalue weighted by Gasteiger charge is 2.39. The first-order valence-electron chi connectivity index (χ1n) is 39.4. The SMILES string of the molecule is CCNC(=O)Nc1cc2c(cc1NC(=O)NCC)Oc1cc3c4cc1C(CC)c1cc5c(cc1O2)Oc1cc(NC(=O)NCC)c(NC(=O)NCC)cc1Oc1cc2c(cc1C5CC)C(CC)c1cc(c(cc1Oc1cc(NC(=O)NCC)c(NC(=O)NCC)cc1O2)Oc1cc(NC(=O)NCC)c(NC(=O)NCC)cc1O3)C4CC. The van der Waals surface area contributed by atoms with Gasteiger partial charge in [0.2, 0.25) is 0 Å². The molecule has 13 rings (SSSR count). The van der Waals surface area contributed by atoms with Gasteiger partial charge in [-0.25, -0.2) is 38.4 Å². The quantitative estimate of drug-likeness (QED) is 0.0337. The molecule has 8 aromatic carbocycles. The maximum atomic E-state index is 13.8. The maximum absolute atomic E-state index is 13.8. The lowest BCUT2D eigenvalue weighted by molar-refractivity contribution is 0.251. The van der Waals surface area contributed by atoms with Crippen LogP contribution in [0.5, 0.6) is 92.0 Å². The molecule has 4 aliphatic heterocycles. The molecule has 0 saturated carbocycles. The Balaban J connectivity index is 1.21.